The fraction of sp³-hybridized carbons (Fsp3) is 0.208. The first-order valence-electron chi connectivity index (χ1n) is 10.5. The van der Waals surface area contributed by atoms with Crippen LogP contribution in [0, 0.1) is 6.92 Å². The van der Waals surface area contributed by atoms with Gasteiger partial charge >= 0.3 is 0 Å². The highest BCUT2D eigenvalue weighted by Crippen LogP contribution is 2.28. The van der Waals surface area contributed by atoms with Crippen molar-refractivity contribution in [2.75, 3.05) is 11.9 Å². The van der Waals surface area contributed by atoms with Crippen molar-refractivity contribution < 1.29 is 9.53 Å². The molecule has 1 aliphatic heterocycles. The molecule has 0 saturated heterocycles. The van der Waals surface area contributed by atoms with Crippen LogP contribution in [0.15, 0.2) is 61.1 Å². The van der Waals surface area contributed by atoms with Gasteiger partial charge < -0.3 is 14.6 Å². The number of aryl methyl sites for hydroxylation is 2. The largest absolute Gasteiger partial charge is 0.493 e. The van der Waals surface area contributed by atoms with Crippen LogP contribution in [0.25, 0.3) is 22.6 Å². The summed E-state index contributed by atoms with van der Waals surface area (Å²) in [6.07, 6.45) is 5.22. The minimum absolute atomic E-state index is 0.287. The highest BCUT2D eigenvalue weighted by Gasteiger charge is 2.17. The molecule has 0 atom stereocenters. The normalized spacial score (nSPS) is 13.8. The number of ether oxygens (including phenoxy) is 1. The van der Waals surface area contributed by atoms with Gasteiger partial charge in [-0.15, -0.1) is 10.2 Å². The summed E-state index contributed by atoms with van der Waals surface area (Å²) in [6, 6.07) is 15.0. The van der Waals surface area contributed by atoms with E-state index in [1.54, 1.807) is 18.6 Å². The van der Waals surface area contributed by atoms with Crippen molar-refractivity contribution >= 4 is 11.7 Å². The number of hydrogen-bond acceptors (Lipinski definition) is 6. The van der Waals surface area contributed by atoms with Crippen LogP contribution in [0.4, 0.5) is 5.82 Å². The summed E-state index contributed by atoms with van der Waals surface area (Å²) < 4.78 is 7.97. The van der Waals surface area contributed by atoms with Gasteiger partial charge in [0.2, 0.25) is 0 Å². The number of amides is 1. The van der Waals surface area contributed by atoms with Gasteiger partial charge in [-0.05, 0) is 55.7 Å². The number of carbonyl (C=O) groups excluding carboxylic acids is 1. The van der Waals surface area contributed by atoms with Gasteiger partial charge in [0.15, 0.2) is 5.82 Å². The van der Waals surface area contributed by atoms with E-state index in [1.807, 2.05) is 54.0 Å². The van der Waals surface area contributed by atoms with Gasteiger partial charge in [-0.2, -0.15) is 0 Å². The number of nitrogens with zero attached hydrogens (tertiary/aromatic N) is 5. The quantitative estimate of drug-likeness (QED) is 0.492. The predicted octanol–water partition coefficient (Wildman–Crippen LogP) is 4.14. The number of nitrogens with one attached hydrogen (secondary N) is 1. The van der Waals surface area contributed by atoms with Crippen molar-refractivity contribution in [2.45, 2.75) is 26.3 Å². The molecule has 0 unspecified atom stereocenters. The zero-order valence-corrected chi connectivity index (χ0v) is 17.7. The summed E-state index contributed by atoms with van der Waals surface area (Å²) in [5.41, 5.74) is 3.88. The Bertz CT molecular complexity index is 1270. The Hall–Kier alpha value is -4.07. The van der Waals surface area contributed by atoms with Gasteiger partial charge in [0.05, 0.1) is 12.2 Å². The molecule has 0 aliphatic carbocycles. The molecular weight excluding hydrogens is 404 g/mol. The monoisotopic (exact) mass is 426 g/mol. The maximum atomic E-state index is 13.2. The molecular formula is C24H22N6O2. The van der Waals surface area contributed by atoms with E-state index in [2.05, 4.69) is 25.5 Å². The molecule has 1 amide bonds. The van der Waals surface area contributed by atoms with E-state index in [9.17, 15) is 4.79 Å². The van der Waals surface area contributed by atoms with Crippen LogP contribution < -0.4 is 10.1 Å². The lowest BCUT2D eigenvalue weighted by molar-refractivity contribution is 0.102. The Kier molecular flexibility index (Phi) is 5.33. The number of benzene rings is 1. The second kappa shape index (κ2) is 8.58. The minimum atomic E-state index is -0.287. The number of hydrogen-bond donors (Lipinski definition) is 1. The lowest BCUT2D eigenvalue weighted by Gasteiger charge is -2.15. The lowest BCUT2D eigenvalue weighted by Crippen LogP contribution is -2.16. The van der Waals surface area contributed by atoms with Crippen molar-refractivity contribution in [1.82, 2.24) is 24.7 Å². The molecule has 8 nitrogen and oxygen atoms in total. The van der Waals surface area contributed by atoms with Gasteiger partial charge in [-0.1, -0.05) is 18.2 Å². The minimum Gasteiger partial charge on any atom is -0.493 e. The van der Waals surface area contributed by atoms with Gasteiger partial charge in [-0.3, -0.25) is 9.78 Å². The second-order valence-corrected chi connectivity index (χ2v) is 7.66. The van der Waals surface area contributed by atoms with Crippen molar-refractivity contribution in [3.63, 3.8) is 0 Å². The highest BCUT2D eigenvalue weighted by molar-refractivity contribution is 6.06. The smallest absolute Gasteiger partial charge is 0.260 e. The molecule has 0 spiro atoms. The molecule has 4 aromatic rings. The summed E-state index contributed by atoms with van der Waals surface area (Å²) >= 11 is 0. The van der Waals surface area contributed by atoms with Gasteiger partial charge in [-0.25, -0.2) is 4.98 Å². The van der Waals surface area contributed by atoms with E-state index < -0.39 is 0 Å². The number of fused-ring (bicyclic) bond motifs is 5. The van der Waals surface area contributed by atoms with Crippen LogP contribution >= 0.6 is 0 Å². The van der Waals surface area contributed by atoms with Gasteiger partial charge in [0, 0.05) is 24.0 Å². The summed E-state index contributed by atoms with van der Waals surface area (Å²) in [5.74, 6) is 1.37. The van der Waals surface area contributed by atoms with Crippen LogP contribution in [0.1, 0.15) is 28.9 Å². The Balaban J connectivity index is 1.53. The zero-order chi connectivity index (χ0) is 21.9. The lowest BCUT2D eigenvalue weighted by atomic mass is 10.0. The first kappa shape index (κ1) is 19.9. The Labute approximate surface area is 185 Å². The molecule has 1 aliphatic rings. The summed E-state index contributed by atoms with van der Waals surface area (Å²) in [6.45, 7) is 3.21. The van der Waals surface area contributed by atoms with Crippen LogP contribution in [-0.2, 0) is 6.54 Å². The SMILES string of the molecule is Cc1ccc(-c2ccc3c(c2)C(=O)Nc2cccc(n2)-c2nncn2CCCCO3)cn1. The molecule has 3 aromatic heterocycles. The maximum absolute atomic E-state index is 13.2. The summed E-state index contributed by atoms with van der Waals surface area (Å²) in [5, 5.41) is 11.1. The van der Waals surface area contributed by atoms with Crippen LogP contribution in [0.5, 0.6) is 5.75 Å². The van der Waals surface area contributed by atoms with Crippen LogP contribution in [0.2, 0.25) is 0 Å². The van der Waals surface area contributed by atoms with Gasteiger partial charge in [0.1, 0.15) is 23.6 Å². The molecule has 0 radical (unpaired) electrons. The van der Waals surface area contributed by atoms with Gasteiger partial charge in [0.25, 0.3) is 5.91 Å². The van der Waals surface area contributed by atoms with Crippen molar-refractivity contribution in [1.29, 1.82) is 0 Å². The molecule has 2 bridgehead atoms. The highest BCUT2D eigenvalue weighted by atomic mass is 16.5. The second-order valence-electron chi connectivity index (χ2n) is 7.66. The standard InChI is InChI=1S/C24H22N6O2/c1-16-7-8-18(14-25-16)17-9-10-21-19(13-17)24(31)28-22-6-4-5-20(27-22)23-29-26-15-30(23)11-2-3-12-32-21/h4-10,13-15H,2-3,11-12H2,1H3,(H,27,28,31). The number of rotatable bonds is 1. The summed E-state index contributed by atoms with van der Waals surface area (Å²) in [7, 11) is 0. The van der Waals surface area contributed by atoms with E-state index in [0.29, 0.717) is 35.3 Å². The van der Waals surface area contributed by atoms with Crippen molar-refractivity contribution in [3.8, 4) is 28.4 Å². The predicted molar refractivity (Wildman–Crippen MR) is 120 cm³/mol. The molecule has 5 rings (SSSR count). The Morgan fingerprint density at radius 2 is 1.97 bits per heavy atom. The molecule has 4 heterocycles. The van der Waals surface area contributed by atoms with E-state index in [1.165, 1.54) is 0 Å². The molecule has 1 N–H and O–H groups in total. The number of pyridine rings is 2. The van der Waals surface area contributed by atoms with E-state index >= 15 is 0 Å². The van der Waals surface area contributed by atoms with E-state index in [-0.39, 0.29) is 5.91 Å². The maximum Gasteiger partial charge on any atom is 0.260 e. The number of anilines is 1. The third-order valence-electron chi connectivity index (χ3n) is 5.36. The average Bonchev–Trinajstić information content (AvgIpc) is 3.28. The third-order valence-corrected chi connectivity index (χ3v) is 5.36. The van der Waals surface area contributed by atoms with Crippen molar-refractivity contribution in [3.05, 3.63) is 72.3 Å². The zero-order valence-electron chi connectivity index (χ0n) is 17.7. The molecule has 0 saturated carbocycles. The van der Waals surface area contributed by atoms with Crippen LogP contribution in [-0.4, -0.2) is 37.2 Å². The number of aromatic nitrogens is 5. The van der Waals surface area contributed by atoms with E-state index in [4.69, 9.17) is 4.74 Å². The molecule has 8 heteroatoms. The van der Waals surface area contributed by atoms with E-state index in [0.717, 1.165) is 36.2 Å². The Morgan fingerprint density at radius 1 is 1.06 bits per heavy atom. The molecule has 0 fully saturated rings. The molecule has 160 valence electrons. The number of carbonyl (C=O) groups is 1. The first-order chi connectivity index (χ1) is 15.7. The third kappa shape index (κ3) is 4.07. The fourth-order valence-corrected chi connectivity index (χ4v) is 3.65. The first-order valence-corrected chi connectivity index (χ1v) is 10.5. The topological polar surface area (TPSA) is 94.8 Å². The summed E-state index contributed by atoms with van der Waals surface area (Å²) in [4.78, 5) is 22.2. The van der Waals surface area contributed by atoms with Crippen molar-refractivity contribution in [2.24, 2.45) is 0 Å². The Morgan fingerprint density at radius 3 is 2.84 bits per heavy atom. The fourth-order valence-electron chi connectivity index (χ4n) is 3.65. The van der Waals surface area contributed by atoms with Crippen LogP contribution in [0.3, 0.4) is 0 Å². The molecule has 32 heavy (non-hydrogen) atoms. The molecule has 1 aromatic carbocycles. The average molecular weight is 426 g/mol.